The Balaban J connectivity index is 2.00. The molecule has 0 aliphatic rings. The highest BCUT2D eigenvalue weighted by Gasteiger charge is 2.17. The maximum absolute atomic E-state index is 13.3. The normalized spacial score (nSPS) is 12.2. The number of hydrogen-bond donors (Lipinski definition) is 3. The summed E-state index contributed by atoms with van der Waals surface area (Å²) in [5.74, 6) is 0.405. The molecular weight excluding hydrogens is 404 g/mol. The highest BCUT2D eigenvalue weighted by atomic mass is 35.5. The van der Waals surface area contributed by atoms with Crippen LogP contribution in [0.1, 0.15) is 18.8 Å². The zero-order valence-electron chi connectivity index (χ0n) is 17.1. The average Bonchev–Trinajstić information content (AvgIpc) is 2.67. The monoisotopic (exact) mass is 428 g/mol. The van der Waals surface area contributed by atoms with Crippen molar-refractivity contribution in [2.24, 2.45) is 5.73 Å². The van der Waals surface area contributed by atoms with Crippen LogP contribution < -0.4 is 21.9 Å². The van der Waals surface area contributed by atoms with Crippen LogP contribution in [0.2, 0.25) is 5.02 Å². The molecule has 2 amide bonds. The van der Waals surface area contributed by atoms with Crippen LogP contribution in [-0.2, 0) is 0 Å². The van der Waals surface area contributed by atoms with Crippen LogP contribution >= 0.6 is 11.6 Å². The van der Waals surface area contributed by atoms with Crippen molar-refractivity contribution < 1.29 is 4.79 Å². The number of carbonyl (C=O) groups is 1. The molecule has 1 unspecified atom stereocenters. The molecule has 3 aromatic rings. The number of aromatic nitrogens is 2. The van der Waals surface area contributed by atoms with E-state index in [0.717, 1.165) is 6.54 Å². The van der Waals surface area contributed by atoms with Gasteiger partial charge in [-0.15, -0.1) is 0 Å². The third-order valence-electron chi connectivity index (χ3n) is 4.49. The van der Waals surface area contributed by atoms with Gasteiger partial charge in [-0.2, -0.15) is 0 Å². The van der Waals surface area contributed by atoms with Crippen LogP contribution in [0.25, 0.3) is 16.6 Å². The summed E-state index contributed by atoms with van der Waals surface area (Å²) >= 11 is 6.27. The van der Waals surface area contributed by atoms with E-state index in [2.05, 4.69) is 15.6 Å². The molecule has 2 aromatic carbocycles. The summed E-state index contributed by atoms with van der Waals surface area (Å²) in [5, 5.41) is 6.21. The van der Waals surface area contributed by atoms with Crippen molar-refractivity contribution in [3.63, 3.8) is 0 Å². The molecular formula is C21H25ClN6O2. The van der Waals surface area contributed by atoms with E-state index in [-0.39, 0.29) is 11.6 Å². The largest absolute Gasteiger partial charge is 0.337 e. The fourth-order valence-electron chi connectivity index (χ4n) is 3.05. The molecule has 0 saturated carbocycles. The molecule has 0 spiro atoms. The molecule has 1 atom stereocenters. The summed E-state index contributed by atoms with van der Waals surface area (Å²) in [6.45, 7) is 3.00. The summed E-state index contributed by atoms with van der Waals surface area (Å²) < 4.78 is 1.44. The lowest BCUT2D eigenvalue weighted by Gasteiger charge is -2.17. The lowest BCUT2D eigenvalue weighted by Crippen LogP contribution is -2.34. The van der Waals surface area contributed by atoms with Crippen LogP contribution in [0.3, 0.4) is 0 Å². The maximum Gasteiger partial charge on any atom is 0.319 e. The van der Waals surface area contributed by atoms with Crippen molar-refractivity contribution in [1.82, 2.24) is 19.8 Å². The van der Waals surface area contributed by atoms with Gasteiger partial charge in [-0.3, -0.25) is 9.36 Å². The van der Waals surface area contributed by atoms with Gasteiger partial charge in [0.15, 0.2) is 0 Å². The van der Waals surface area contributed by atoms with Crippen molar-refractivity contribution in [2.75, 3.05) is 32.5 Å². The number of nitrogens with one attached hydrogen (secondary N) is 2. The third kappa shape index (κ3) is 4.79. The Morgan fingerprint density at radius 3 is 2.70 bits per heavy atom. The van der Waals surface area contributed by atoms with Crippen molar-refractivity contribution in [3.05, 3.63) is 63.7 Å². The molecule has 30 heavy (non-hydrogen) atoms. The van der Waals surface area contributed by atoms with Gasteiger partial charge in [0.1, 0.15) is 5.82 Å². The topological polar surface area (TPSA) is 105 Å². The van der Waals surface area contributed by atoms with Gasteiger partial charge < -0.3 is 21.3 Å². The molecule has 0 aliphatic carbocycles. The fourth-order valence-corrected chi connectivity index (χ4v) is 3.30. The minimum atomic E-state index is -0.493. The lowest BCUT2D eigenvalue weighted by atomic mass is 10.2. The number of hydrogen-bond acceptors (Lipinski definition) is 5. The lowest BCUT2D eigenvalue weighted by molar-refractivity contribution is 0.250. The Morgan fingerprint density at radius 2 is 2.00 bits per heavy atom. The number of benzene rings is 2. The van der Waals surface area contributed by atoms with Crippen LogP contribution in [0.4, 0.5) is 10.5 Å². The van der Waals surface area contributed by atoms with E-state index in [1.54, 1.807) is 49.4 Å². The molecule has 0 radical (unpaired) electrons. The maximum atomic E-state index is 13.3. The predicted octanol–water partition coefficient (Wildman–Crippen LogP) is 2.74. The minimum Gasteiger partial charge on any atom is -0.337 e. The molecule has 1 heterocycles. The average molecular weight is 429 g/mol. The second-order valence-electron chi connectivity index (χ2n) is 7.27. The van der Waals surface area contributed by atoms with Crippen molar-refractivity contribution in [2.45, 2.75) is 13.0 Å². The molecule has 0 bridgehead atoms. The van der Waals surface area contributed by atoms with Gasteiger partial charge in [-0.05, 0) is 51.4 Å². The van der Waals surface area contributed by atoms with E-state index >= 15 is 0 Å². The fraction of sp³-hybridized carbons (Fsp3) is 0.286. The number of nitrogens with zero attached hydrogens (tertiary/aromatic N) is 3. The molecule has 9 heteroatoms. The Morgan fingerprint density at radius 1 is 1.27 bits per heavy atom. The number of nitrogens with two attached hydrogens (primary N) is 1. The summed E-state index contributed by atoms with van der Waals surface area (Å²) in [6, 6.07) is 11.3. The van der Waals surface area contributed by atoms with Crippen LogP contribution in [0.15, 0.2) is 47.3 Å². The number of halogens is 1. The number of fused-ring (bicyclic) bond motifs is 1. The van der Waals surface area contributed by atoms with E-state index in [4.69, 9.17) is 17.3 Å². The summed E-state index contributed by atoms with van der Waals surface area (Å²) in [7, 11) is 3.86. The molecule has 0 fully saturated rings. The quantitative estimate of drug-likeness (QED) is 0.559. The first kappa shape index (κ1) is 21.8. The first-order chi connectivity index (χ1) is 14.3. The first-order valence-corrected chi connectivity index (χ1v) is 9.92. The van der Waals surface area contributed by atoms with E-state index in [0.29, 0.717) is 39.7 Å². The van der Waals surface area contributed by atoms with Gasteiger partial charge in [0.05, 0.1) is 27.7 Å². The predicted molar refractivity (Wildman–Crippen MR) is 121 cm³/mol. The Hall–Kier alpha value is -2.94. The summed E-state index contributed by atoms with van der Waals surface area (Å²) in [4.78, 5) is 32.0. The smallest absolute Gasteiger partial charge is 0.319 e. The van der Waals surface area contributed by atoms with Crippen LogP contribution in [0.5, 0.6) is 0 Å². The molecule has 0 aliphatic heterocycles. The van der Waals surface area contributed by atoms with Gasteiger partial charge in [-0.25, -0.2) is 9.78 Å². The first-order valence-electron chi connectivity index (χ1n) is 9.54. The zero-order valence-corrected chi connectivity index (χ0v) is 17.9. The molecule has 158 valence electrons. The van der Waals surface area contributed by atoms with Gasteiger partial charge in [-0.1, -0.05) is 23.7 Å². The van der Waals surface area contributed by atoms with Crippen molar-refractivity contribution >= 4 is 34.2 Å². The second kappa shape index (κ2) is 9.25. The van der Waals surface area contributed by atoms with Gasteiger partial charge in [0, 0.05) is 18.8 Å². The summed E-state index contributed by atoms with van der Waals surface area (Å²) in [6.07, 6.45) is 0. The number of anilines is 1. The van der Waals surface area contributed by atoms with Gasteiger partial charge >= 0.3 is 6.03 Å². The highest BCUT2D eigenvalue weighted by Crippen LogP contribution is 2.23. The molecule has 1 aromatic heterocycles. The number of urea groups is 1. The number of likely N-dealkylation sites (N-methyl/N-ethyl adjacent to an activating group) is 1. The van der Waals surface area contributed by atoms with Crippen LogP contribution in [-0.4, -0.2) is 47.7 Å². The standard InChI is InChI=1S/C21H25ClN6O2/c1-13(23)19-26-17-9-5-8-16(22)18(17)20(29)28(19)15-7-4-6-14(12-15)25-21(30)24-10-11-27(2)3/h4-9,12-13H,10-11,23H2,1-3H3,(H2,24,25,30). The van der Waals surface area contributed by atoms with E-state index < -0.39 is 6.04 Å². The van der Waals surface area contributed by atoms with Gasteiger partial charge in [0.2, 0.25) is 0 Å². The SMILES string of the molecule is CC(N)c1nc2cccc(Cl)c2c(=O)n1-c1cccc(NC(=O)NCCN(C)C)c1. The third-order valence-corrected chi connectivity index (χ3v) is 4.80. The van der Waals surface area contributed by atoms with E-state index in [1.807, 2.05) is 19.0 Å². The number of amides is 2. The number of rotatable bonds is 6. The molecule has 0 saturated heterocycles. The Kier molecular flexibility index (Phi) is 6.71. The van der Waals surface area contributed by atoms with E-state index in [9.17, 15) is 9.59 Å². The van der Waals surface area contributed by atoms with E-state index in [1.165, 1.54) is 4.57 Å². The zero-order chi connectivity index (χ0) is 21.8. The van der Waals surface area contributed by atoms with Crippen LogP contribution in [0, 0.1) is 0 Å². The summed E-state index contributed by atoms with van der Waals surface area (Å²) in [5.41, 5.74) is 7.36. The highest BCUT2D eigenvalue weighted by molar-refractivity contribution is 6.35. The Labute approximate surface area is 179 Å². The van der Waals surface area contributed by atoms with Gasteiger partial charge in [0.25, 0.3) is 5.56 Å². The number of carbonyl (C=O) groups excluding carboxylic acids is 1. The molecule has 8 nitrogen and oxygen atoms in total. The minimum absolute atomic E-state index is 0.314. The van der Waals surface area contributed by atoms with Crippen molar-refractivity contribution in [1.29, 1.82) is 0 Å². The Bertz CT molecular complexity index is 1130. The van der Waals surface area contributed by atoms with Crippen molar-refractivity contribution in [3.8, 4) is 5.69 Å². The second-order valence-corrected chi connectivity index (χ2v) is 7.67. The molecule has 3 rings (SSSR count). The molecule has 4 N–H and O–H groups in total.